The van der Waals surface area contributed by atoms with Crippen molar-refractivity contribution < 1.29 is 80.8 Å². The van der Waals surface area contributed by atoms with E-state index >= 15 is 0 Å². The number of aliphatic hydroxyl groups is 1. The molecule has 1 atom stereocenters. The molecule has 0 aliphatic rings. The monoisotopic (exact) mass is 368 g/mol. The molecule has 0 rings (SSSR count). The van der Waals surface area contributed by atoms with Gasteiger partial charge in [0.05, 0.1) is 26.1 Å². The number of allylic oxidation sites excluding steroid dienone is 1. The number of nitrogens with zero attached hydrogens (tertiary/aromatic N) is 1. The molecule has 0 radical (unpaired) electrons. The molecule has 134 valence electrons. The van der Waals surface area contributed by atoms with Crippen molar-refractivity contribution in [3.63, 3.8) is 0 Å². The fourth-order valence-corrected chi connectivity index (χ4v) is 2.76. The molecule has 0 amide bonds. The van der Waals surface area contributed by atoms with Crippen LogP contribution in [0.1, 0.15) is 57.8 Å². The van der Waals surface area contributed by atoms with Crippen LogP contribution < -0.4 is 56.5 Å². The number of aliphatic carboxylic acids is 2. The van der Waals surface area contributed by atoms with E-state index in [2.05, 4.69) is 6.58 Å². The van der Waals surface area contributed by atoms with Crippen LogP contribution in [0.15, 0.2) is 12.7 Å². The summed E-state index contributed by atoms with van der Waals surface area (Å²) in [4.78, 5) is 21.2. The van der Waals surface area contributed by atoms with Crippen LogP contribution in [0.5, 0.6) is 0 Å². The van der Waals surface area contributed by atoms with Crippen LogP contribution in [0.2, 0.25) is 0 Å². The second-order valence-corrected chi connectivity index (χ2v) is 6.12. The minimum absolute atomic E-state index is 0. The molecule has 6 nitrogen and oxygen atoms in total. The van der Waals surface area contributed by atoms with Crippen LogP contribution in [0, 0.1) is 0 Å². The Hall–Kier alpha value is 0.236. The Labute approximate surface area is 187 Å². The number of carbonyl (C=O) groups excluding carboxylic acids is 1. The Morgan fingerprint density at radius 1 is 0.958 bits per heavy atom. The summed E-state index contributed by atoms with van der Waals surface area (Å²) in [6.07, 6.45) is 8.06. The molecule has 0 fully saturated rings. The summed E-state index contributed by atoms with van der Waals surface area (Å²) >= 11 is 0. The summed E-state index contributed by atoms with van der Waals surface area (Å²) < 4.78 is 0.377. The zero-order valence-electron chi connectivity index (χ0n) is 15.0. The summed E-state index contributed by atoms with van der Waals surface area (Å²) in [5, 5.41) is 29.1. The largest absolute Gasteiger partial charge is 1.00 e. The summed E-state index contributed by atoms with van der Waals surface area (Å²) in [7, 11) is 0. The Morgan fingerprint density at radius 2 is 1.50 bits per heavy atom. The third-order valence-electron chi connectivity index (χ3n) is 4.13. The molecule has 0 aromatic heterocycles. The molecule has 0 saturated carbocycles. The summed E-state index contributed by atoms with van der Waals surface area (Å²) in [6, 6.07) is 0. The van der Waals surface area contributed by atoms with E-state index in [9.17, 15) is 19.8 Å². The van der Waals surface area contributed by atoms with E-state index in [1.807, 2.05) is 6.08 Å². The molecule has 0 aliphatic carbocycles. The van der Waals surface area contributed by atoms with Crippen molar-refractivity contribution >= 4 is 11.9 Å². The van der Waals surface area contributed by atoms with Gasteiger partial charge < -0.3 is 24.6 Å². The van der Waals surface area contributed by atoms with Crippen LogP contribution in [-0.2, 0) is 9.59 Å². The first kappa shape index (κ1) is 26.5. The third kappa shape index (κ3) is 14.6. The molecule has 0 spiro atoms. The first-order valence-electron chi connectivity index (χ1n) is 8.44. The molecule has 0 heterocycles. The van der Waals surface area contributed by atoms with Gasteiger partial charge in [-0.1, -0.05) is 12.5 Å². The first-order valence-corrected chi connectivity index (χ1v) is 8.44. The van der Waals surface area contributed by atoms with Gasteiger partial charge in [0.15, 0.2) is 6.73 Å². The van der Waals surface area contributed by atoms with Crippen molar-refractivity contribution in [2.24, 2.45) is 0 Å². The number of unbranched alkanes of at least 4 members (excludes halogenated alkanes) is 4. The molecular formula is C17H31KNO5+. The smallest absolute Gasteiger partial charge is 0.550 e. The predicted octanol–water partition coefficient (Wildman–Crippen LogP) is -1.71. The standard InChI is InChI=1S/C17H31NO5.K/c1-2-3-4-5-6-7-12-18(15-19,13-8-10-16(20)21)14-9-11-17(22)23;/h2,19H,1,3-15H2,(H-,20,21,22,23);/q;+1. The maximum atomic E-state index is 10.7. The Morgan fingerprint density at radius 3 is 2.00 bits per heavy atom. The fourth-order valence-electron chi connectivity index (χ4n) is 2.76. The molecule has 0 aromatic carbocycles. The summed E-state index contributed by atoms with van der Waals surface area (Å²) in [5.41, 5.74) is 0. The van der Waals surface area contributed by atoms with E-state index in [1.54, 1.807) is 0 Å². The van der Waals surface area contributed by atoms with Gasteiger partial charge in [0, 0.05) is 18.8 Å². The van der Waals surface area contributed by atoms with Gasteiger partial charge in [-0.25, -0.2) is 0 Å². The molecule has 24 heavy (non-hydrogen) atoms. The van der Waals surface area contributed by atoms with Crippen LogP contribution in [0.4, 0.5) is 0 Å². The van der Waals surface area contributed by atoms with Gasteiger partial charge in [-0.3, -0.25) is 4.79 Å². The average Bonchev–Trinajstić information content (AvgIpc) is 2.49. The van der Waals surface area contributed by atoms with Crippen LogP contribution in [0.25, 0.3) is 0 Å². The average molecular weight is 369 g/mol. The van der Waals surface area contributed by atoms with Gasteiger partial charge in [-0.2, -0.15) is 0 Å². The number of carboxylic acids is 2. The summed E-state index contributed by atoms with van der Waals surface area (Å²) in [5.74, 6) is -1.93. The SMILES string of the molecule is C=CCCCCCC[N+](CO)(CCCC(=O)[O-])CCCC(=O)O.[K+]. The zero-order valence-corrected chi connectivity index (χ0v) is 18.2. The van der Waals surface area contributed by atoms with Crippen molar-refractivity contribution in [1.82, 2.24) is 0 Å². The number of quaternary nitrogens is 1. The van der Waals surface area contributed by atoms with Crippen molar-refractivity contribution in [2.45, 2.75) is 57.8 Å². The van der Waals surface area contributed by atoms with Crippen LogP contribution in [-0.4, -0.2) is 53.0 Å². The van der Waals surface area contributed by atoms with E-state index in [0.717, 1.165) is 38.6 Å². The van der Waals surface area contributed by atoms with E-state index in [4.69, 9.17) is 5.11 Å². The number of hydrogen-bond donors (Lipinski definition) is 2. The Bertz CT molecular complexity index is 343. The predicted molar refractivity (Wildman–Crippen MR) is 86.3 cm³/mol. The Balaban J connectivity index is 0. The summed E-state index contributed by atoms with van der Waals surface area (Å²) in [6.45, 7) is 5.45. The van der Waals surface area contributed by atoms with Crippen molar-refractivity contribution in [3.8, 4) is 0 Å². The second-order valence-electron chi connectivity index (χ2n) is 6.12. The van der Waals surface area contributed by atoms with Gasteiger partial charge in [-0.15, -0.1) is 6.58 Å². The maximum absolute atomic E-state index is 10.7. The van der Waals surface area contributed by atoms with Crippen molar-refractivity contribution in [1.29, 1.82) is 0 Å². The maximum Gasteiger partial charge on any atom is 1.00 e. The molecule has 0 saturated heterocycles. The normalized spacial score (nSPS) is 12.9. The molecule has 0 bridgehead atoms. The van der Waals surface area contributed by atoms with E-state index < -0.39 is 11.9 Å². The van der Waals surface area contributed by atoms with Gasteiger partial charge >= 0.3 is 57.4 Å². The third-order valence-corrected chi connectivity index (χ3v) is 4.13. The molecule has 1 unspecified atom stereocenters. The van der Waals surface area contributed by atoms with Crippen molar-refractivity contribution in [3.05, 3.63) is 12.7 Å². The van der Waals surface area contributed by atoms with E-state index in [1.165, 1.54) is 0 Å². The van der Waals surface area contributed by atoms with Gasteiger partial charge in [-0.05, 0) is 32.1 Å². The number of carbonyl (C=O) groups is 2. The van der Waals surface area contributed by atoms with Gasteiger partial charge in [0.1, 0.15) is 0 Å². The zero-order chi connectivity index (χ0) is 17.6. The number of aliphatic hydroxyl groups excluding tert-OH is 1. The quantitative estimate of drug-likeness (QED) is 0.111. The van der Waals surface area contributed by atoms with Crippen LogP contribution >= 0.6 is 0 Å². The number of rotatable bonds is 16. The van der Waals surface area contributed by atoms with E-state index in [0.29, 0.717) is 30.4 Å². The van der Waals surface area contributed by atoms with Gasteiger partial charge in [0.25, 0.3) is 0 Å². The van der Waals surface area contributed by atoms with Crippen LogP contribution in [0.3, 0.4) is 0 Å². The molecule has 7 heteroatoms. The fraction of sp³-hybridized carbons (Fsp3) is 0.765. The van der Waals surface area contributed by atoms with Crippen molar-refractivity contribution in [2.75, 3.05) is 26.4 Å². The number of carboxylic acid groups (broad SMARTS) is 2. The molecule has 2 N–H and O–H groups in total. The van der Waals surface area contributed by atoms with Gasteiger partial charge in [0.2, 0.25) is 0 Å². The molecule has 0 aliphatic heterocycles. The Kier molecular flexibility index (Phi) is 18.4. The topological polar surface area (TPSA) is 97.7 Å². The first-order chi connectivity index (χ1) is 11.0. The number of hydrogen-bond acceptors (Lipinski definition) is 4. The minimum atomic E-state index is -1.09. The molecule has 0 aromatic rings. The minimum Gasteiger partial charge on any atom is -0.550 e. The molecular weight excluding hydrogens is 337 g/mol. The second kappa shape index (κ2) is 16.7. The van der Waals surface area contributed by atoms with E-state index in [-0.39, 0.29) is 71.0 Å².